The Morgan fingerprint density at radius 3 is 2.68 bits per heavy atom. The molecule has 1 aliphatic rings. The van der Waals surface area contributed by atoms with E-state index in [4.69, 9.17) is 4.42 Å². The first-order chi connectivity index (χ1) is 9.22. The molecule has 0 saturated carbocycles. The molecular formula is C16H28N2O. The predicted molar refractivity (Wildman–Crippen MR) is 79.1 cm³/mol. The zero-order valence-electron chi connectivity index (χ0n) is 12.7. The van der Waals surface area contributed by atoms with Gasteiger partial charge in [-0.1, -0.05) is 20.3 Å². The molecule has 3 nitrogen and oxygen atoms in total. The topological polar surface area (TPSA) is 28.4 Å². The number of furan rings is 1. The van der Waals surface area contributed by atoms with Gasteiger partial charge in [0.05, 0.1) is 6.54 Å². The van der Waals surface area contributed by atoms with Gasteiger partial charge in [-0.15, -0.1) is 0 Å². The second-order valence-corrected chi connectivity index (χ2v) is 5.70. The summed E-state index contributed by atoms with van der Waals surface area (Å²) in [5.41, 5.74) is 1.31. The van der Waals surface area contributed by atoms with Crippen molar-refractivity contribution in [1.29, 1.82) is 0 Å². The van der Waals surface area contributed by atoms with Crippen LogP contribution in [-0.4, -0.2) is 24.5 Å². The highest BCUT2D eigenvalue weighted by molar-refractivity contribution is 5.20. The molecule has 0 bridgehead atoms. The quantitative estimate of drug-likeness (QED) is 0.854. The van der Waals surface area contributed by atoms with E-state index in [9.17, 15) is 0 Å². The zero-order chi connectivity index (χ0) is 13.7. The van der Waals surface area contributed by atoms with Gasteiger partial charge in [0.25, 0.3) is 0 Å². The highest BCUT2D eigenvalue weighted by Gasteiger charge is 2.19. The van der Waals surface area contributed by atoms with Crippen molar-refractivity contribution in [3.63, 3.8) is 0 Å². The van der Waals surface area contributed by atoms with Gasteiger partial charge in [-0.2, -0.15) is 0 Å². The molecule has 1 fully saturated rings. The average molecular weight is 264 g/mol. The predicted octanol–water partition coefficient (Wildman–Crippen LogP) is 3.32. The van der Waals surface area contributed by atoms with Crippen molar-refractivity contribution in [2.75, 3.05) is 19.6 Å². The molecule has 1 N–H and O–H groups in total. The van der Waals surface area contributed by atoms with Crippen molar-refractivity contribution in [2.45, 2.75) is 53.1 Å². The molecule has 0 radical (unpaired) electrons. The first-order valence-corrected chi connectivity index (χ1v) is 7.74. The molecule has 3 heteroatoms. The highest BCUT2D eigenvalue weighted by atomic mass is 16.3. The fourth-order valence-corrected chi connectivity index (χ4v) is 2.87. The number of aryl methyl sites for hydroxylation is 1. The third kappa shape index (κ3) is 4.08. The second-order valence-electron chi connectivity index (χ2n) is 5.70. The lowest BCUT2D eigenvalue weighted by Gasteiger charge is -2.30. The lowest BCUT2D eigenvalue weighted by atomic mass is 9.94. The monoisotopic (exact) mass is 264 g/mol. The minimum absolute atomic E-state index is 0.920. The SMILES string of the molecule is CCNCc1cc(CN2CCC(CC)CC2)oc1C. The van der Waals surface area contributed by atoms with E-state index in [1.165, 1.54) is 37.9 Å². The smallest absolute Gasteiger partial charge is 0.118 e. The van der Waals surface area contributed by atoms with Crippen molar-refractivity contribution in [1.82, 2.24) is 10.2 Å². The molecule has 1 aromatic rings. The number of nitrogens with one attached hydrogen (secondary N) is 1. The van der Waals surface area contributed by atoms with Crippen LogP contribution < -0.4 is 5.32 Å². The van der Waals surface area contributed by atoms with Gasteiger partial charge in [-0.3, -0.25) is 4.90 Å². The van der Waals surface area contributed by atoms with Crippen LogP contribution in [-0.2, 0) is 13.1 Å². The van der Waals surface area contributed by atoms with Gasteiger partial charge in [-0.05, 0) is 51.4 Å². The average Bonchev–Trinajstić information content (AvgIpc) is 2.77. The van der Waals surface area contributed by atoms with E-state index in [0.717, 1.165) is 37.1 Å². The number of likely N-dealkylation sites (tertiary alicyclic amines) is 1. The van der Waals surface area contributed by atoms with Crippen molar-refractivity contribution in [2.24, 2.45) is 5.92 Å². The second kappa shape index (κ2) is 7.11. The molecule has 1 saturated heterocycles. The van der Waals surface area contributed by atoms with Crippen molar-refractivity contribution in [3.8, 4) is 0 Å². The van der Waals surface area contributed by atoms with E-state index in [1.807, 2.05) is 0 Å². The van der Waals surface area contributed by atoms with E-state index < -0.39 is 0 Å². The molecular weight excluding hydrogens is 236 g/mol. The molecule has 0 unspecified atom stereocenters. The first kappa shape index (κ1) is 14.6. The largest absolute Gasteiger partial charge is 0.465 e. The Morgan fingerprint density at radius 2 is 2.05 bits per heavy atom. The van der Waals surface area contributed by atoms with Crippen LogP contribution in [0, 0.1) is 12.8 Å². The van der Waals surface area contributed by atoms with Crippen LogP contribution in [0.2, 0.25) is 0 Å². The summed E-state index contributed by atoms with van der Waals surface area (Å²) in [6.45, 7) is 11.9. The summed E-state index contributed by atoms with van der Waals surface area (Å²) in [6, 6.07) is 2.23. The van der Waals surface area contributed by atoms with Gasteiger partial charge < -0.3 is 9.73 Å². The Morgan fingerprint density at radius 1 is 1.32 bits per heavy atom. The van der Waals surface area contributed by atoms with Gasteiger partial charge >= 0.3 is 0 Å². The molecule has 0 spiro atoms. The molecule has 0 aromatic carbocycles. The highest BCUT2D eigenvalue weighted by Crippen LogP contribution is 2.23. The first-order valence-electron chi connectivity index (χ1n) is 7.74. The third-order valence-electron chi connectivity index (χ3n) is 4.30. The summed E-state index contributed by atoms with van der Waals surface area (Å²) >= 11 is 0. The van der Waals surface area contributed by atoms with Gasteiger partial charge in [0.1, 0.15) is 11.5 Å². The van der Waals surface area contributed by atoms with Gasteiger partial charge in [0, 0.05) is 12.1 Å². The van der Waals surface area contributed by atoms with Crippen LogP contribution in [0.15, 0.2) is 10.5 Å². The fourth-order valence-electron chi connectivity index (χ4n) is 2.87. The summed E-state index contributed by atoms with van der Waals surface area (Å²) in [5, 5.41) is 3.36. The molecule has 2 heterocycles. The summed E-state index contributed by atoms with van der Waals surface area (Å²) in [7, 11) is 0. The van der Waals surface area contributed by atoms with Crippen LogP contribution in [0.25, 0.3) is 0 Å². The molecule has 1 aromatic heterocycles. The van der Waals surface area contributed by atoms with Gasteiger partial charge in [0.2, 0.25) is 0 Å². The fraction of sp³-hybridized carbons (Fsp3) is 0.750. The Bertz CT molecular complexity index is 378. The molecule has 2 rings (SSSR count). The summed E-state index contributed by atoms with van der Waals surface area (Å²) in [4.78, 5) is 2.53. The number of hydrogen-bond donors (Lipinski definition) is 1. The summed E-state index contributed by atoms with van der Waals surface area (Å²) in [5.74, 6) is 3.14. The lowest BCUT2D eigenvalue weighted by Crippen LogP contribution is -2.32. The standard InChI is InChI=1S/C16H28N2O/c1-4-14-6-8-18(9-7-14)12-16-10-15(11-17-5-2)13(3)19-16/h10,14,17H,4-9,11-12H2,1-3H3. The Labute approximate surface area is 117 Å². The maximum atomic E-state index is 5.89. The number of nitrogens with zero attached hydrogens (tertiary/aromatic N) is 1. The number of hydrogen-bond acceptors (Lipinski definition) is 3. The molecule has 19 heavy (non-hydrogen) atoms. The lowest BCUT2D eigenvalue weighted by molar-refractivity contribution is 0.164. The Balaban J connectivity index is 1.86. The minimum atomic E-state index is 0.920. The van der Waals surface area contributed by atoms with Crippen LogP contribution in [0.5, 0.6) is 0 Å². The van der Waals surface area contributed by atoms with Crippen molar-refractivity contribution >= 4 is 0 Å². The van der Waals surface area contributed by atoms with Crippen molar-refractivity contribution < 1.29 is 4.42 Å². The molecule has 0 atom stereocenters. The van der Waals surface area contributed by atoms with E-state index in [2.05, 4.69) is 37.1 Å². The maximum Gasteiger partial charge on any atom is 0.118 e. The van der Waals surface area contributed by atoms with Gasteiger partial charge in [-0.25, -0.2) is 0 Å². The van der Waals surface area contributed by atoms with Crippen LogP contribution in [0.1, 0.15) is 50.2 Å². The van der Waals surface area contributed by atoms with E-state index in [1.54, 1.807) is 0 Å². The van der Waals surface area contributed by atoms with E-state index in [-0.39, 0.29) is 0 Å². The Kier molecular flexibility index (Phi) is 5.46. The molecule has 1 aliphatic heterocycles. The molecule has 0 amide bonds. The number of piperidine rings is 1. The number of rotatable bonds is 6. The van der Waals surface area contributed by atoms with Crippen molar-refractivity contribution in [3.05, 3.63) is 23.2 Å². The molecule has 0 aliphatic carbocycles. The summed E-state index contributed by atoms with van der Waals surface area (Å²) < 4.78 is 5.89. The van der Waals surface area contributed by atoms with E-state index >= 15 is 0 Å². The maximum absolute atomic E-state index is 5.89. The van der Waals surface area contributed by atoms with Crippen LogP contribution in [0.4, 0.5) is 0 Å². The Hall–Kier alpha value is -0.800. The van der Waals surface area contributed by atoms with Gasteiger partial charge in [0.15, 0.2) is 0 Å². The van der Waals surface area contributed by atoms with Crippen LogP contribution in [0.3, 0.4) is 0 Å². The third-order valence-corrected chi connectivity index (χ3v) is 4.30. The molecule has 108 valence electrons. The summed E-state index contributed by atoms with van der Waals surface area (Å²) in [6.07, 6.45) is 4.03. The van der Waals surface area contributed by atoms with Crippen LogP contribution >= 0.6 is 0 Å². The van der Waals surface area contributed by atoms with E-state index in [0.29, 0.717) is 0 Å². The minimum Gasteiger partial charge on any atom is -0.465 e. The zero-order valence-corrected chi connectivity index (χ0v) is 12.7. The normalized spacial score (nSPS) is 18.1.